The maximum Gasteiger partial charge on any atom is 0.327 e. The quantitative estimate of drug-likeness (QED) is 0.0551. The molecule has 2 aromatic rings. The Labute approximate surface area is 238 Å². The number of para-hydroxylation sites is 1. The zero-order chi connectivity index (χ0) is 29.8. The van der Waals surface area contributed by atoms with Crippen LogP contribution in [0, 0.1) is 5.92 Å². The maximum absolute atomic E-state index is 13.5. The van der Waals surface area contributed by atoms with Crippen molar-refractivity contribution in [2.75, 3.05) is 12.3 Å². The van der Waals surface area contributed by atoms with E-state index in [0.717, 1.165) is 16.5 Å². The van der Waals surface area contributed by atoms with Gasteiger partial charge in [-0.3, -0.25) is 19.4 Å². The van der Waals surface area contributed by atoms with E-state index in [1.54, 1.807) is 13.1 Å². The first-order valence-electron chi connectivity index (χ1n) is 13.1. The van der Waals surface area contributed by atoms with Gasteiger partial charge < -0.3 is 43.2 Å². The lowest BCUT2D eigenvalue weighted by atomic mass is 9.96. The summed E-state index contributed by atoms with van der Waals surface area (Å²) >= 11 is 4.01. The van der Waals surface area contributed by atoms with Crippen LogP contribution in [0.2, 0.25) is 0 Å². The minimum atomic E-state index is -1.25. The maximum atomic E-state index is 13.5. The second-order valence-corrected chi connectivity index (χ2v) is 10.00. The van der Waals surface area contributed by atoms with Crippen molar-refractivity contribution in [2.24, 2.45) is 28.1 Å². The number of aromatic amines is 1. The number of aliphatic carboxylic acids is 1. The molecule has 0 bridgehead atoms. The van der Waals surface area contributed by atoms with Gasteiger partial charge in [-0.05, 0) is 30.4 Å². The summed E-state index contributed by atoms with van der Waals surface area (Å²) in [5.41, 5.74) is 18.2. The van der Waals surface area contributed by atoms with Crippen LogP contribution < -0.4 is 33.2 Å². The number of nitrogens with one attached hydrogen (secondary N) is 4. The highest BCUT2D eigenvalue weighted by Crippen LogP contribution is 2.19. The topological polar surface area (TPSA) is 231 Å². The minimum absolute atomic E-state index is 0.0539. The van der Waals surface area contributed by atoms with Crippen LogP contribution in [-0.4, -0.2) is 76.2 Å². The van der Waals surface area contributed by atoms with Crippen molar-refractivity contribution in [3.05, 3.63) is 36.0 Å². The number of rotatable bonds is 16. The smallest absolute Gasteiger partial charge is 0.327 e. The fourth-order valence-corrected chi connectivity index (χ4v) is 4.31. The van der Waals surface area contributed by atoms with E-state index in [-0.39, 0.29) is 24.1 Å². The molecule has 0 aliphatic heterocycles. The number of aromatic nitrogens is 1. The predicted molar refractivity (Wildman–Crippen MR) is 157 cm³/mol. The van der Waals surface area contributed by atoms with E-state index in [2.05, 4.69) is 38.6 Å². The summed E-state index contributed by atoms with van der Waals surface area (Å²) < 4.78 is 0. The number of fused-ring (bicyclic) bond motifs is 1. The van der Waals surface area contributed by atoms with E-state index in [4.69, 9.17) is 17.2 Å². The van der Waals surface area contributed by atoms with Gasteiger partial charge in [-0.2, -0.15) is 12.6 Å². The molecule has 0 saturated carbocycles. The molecular formula is C26H40N8O5S. The van der Waals surface area contributed by atoms with E-state index in [1.165, 1.54) is 0 Å². The molecule has 0 saturated heterocycles. The average molecular weight is 577 g/mol. The number of guanidine groups is 1. The van der Waals surface area contributed by atoms with Crippen LogP contribution in [0.4, 0.5) is 0 Å². The summed E-state index contributed by atoms with van der Waals surface area (Å²) in [4.78, 5) is 58.1. The average Bonchev–Trinajstić information content (AvgIpc) is 3.33. The molecule has 5 unspecified atom stereocenters. The molecule has 0 radical (unpaired) electrons. The van der Waals surface area contributed by atoms with Gasteiger partial charge >= 0.3 is 5.97 Å². The lowest BCUT2D eigenvalue weighted by molar-refractivity contribution is -0.141. The van der Waals surface area contributed by atoms with Crippen molar-refractivity contribution < 1.29 is 24.3 Å². The predicted octanol–water partition coefficient (Wildman–Crippen LogP) is -0.394. The molecule has 2 rings (SSSR count). The molecule has 0 aliphatic carbocycles. The van der Waals surface area contributed by atoms with Crippen LogP contribution in [0.25, 0.3) is 10.9 Å². The summed E-state index contributed by atoms with van der Waals surface area (Å²) in [5.74, 6) is -3.54. The number of hydrogen-bond donors (Lipinski definition) is 9. The van der Waals surface area contributed by atoms with E-state index in [0.29, 0.717) is 25.8 Å². The molecule has 40 heavy (non-hydrogen) atoms. The normalized spacial score (nSPS) is 14.8. The molecule has 1 aromatic heterocycles. The number of carbonyl (C=O) groups excluding carboxylic acids is 3. The molecule has 0 fully saturated rings. The third-order valence-electron chi connectivity index (χ3n) is 6.63. The second-order valence-electron chi connectivity index (χ2n) is 9.63. The third kappa shape index (κ3) is 9.45. The summed E-state index contributed by atoms with van der Waals surface area (Å²) in [6, 6.07) is 3.20. The highest BCUT2D eigenvalue weighted by atomic mass is 32.1. The summed E-state index contributed by atoms with van der Waals surface area (Å²) in [5, 5.41) is 18.1. The second kappa shape index (κ2) is 15.7. The minimum Gasteiger partial charge on any atom is -0.480 e. The van der Waals surface area contributed by atoms with Crippen LogP contribution in [0.15, 0.2) is 35.5 Å². The Morgan fingerprint density at radius 3 is 2.35 bits per heavy atom. The largest absolute Gasteiger partial charge is 0.480 e. The van der Waals surface area contributed by atoms with Crippen LogP contribution in [0.3, 0.4) is 0 Å². The molecule has 1 aromatic carbocycles. The van der Waals surface area contributed by atoms with E-state index >= 15 is 0 Å². The molecular weight excluding hydrogens is 536 g/mol. The number of carboxylic acids is 1. The van der Waals surface area contributed by atoms with Crippen LogP contribution in [-0.2, 0) is 25.6 Å². The molecule has 11 N–H and O–H groups in total. The number of nitrogens with two attached hydrogens (primary N) is 3. The lowest BCUT2D eigenvalue weighted by Gasteiger charge is -2.28. The van der Waals surface area contributed by atoms with E-state index in [9.17, 15) is 24.3 Å². The number of H-pyrrole nitrogens is 1. The van der Waals surface area contributed by atoms with Crippen molar-refractivity contribution in [1.29, 1.82) is 0 Å². The number of hydrogen-bond acceptors (Lipinski definition) is 7. The monoisotopic (exact) mass is 576 g/mol. The zero-order valence-electron chi connectivity index (χ0n) is 22.7. The number of nitrogens with zero attached hydrogens (tertiary/aromatic N) is 1. The van der Waals surface area contributed by atoms with Gasteiger partial charge in [0.05, 0.1) is 6.04 Å². The third-order valence-corrected chi connectivity index (χ3v) is 6.99. The molecule has 14 heteroatoms. The fourth-order valence-electron chi connectivity index (χ4n) is 4.06. The number of benzene rings is 1. The number of carbonyl (C=O) groups is 4. The number of thiol groups is 1. The lowest BCUT2D eigenvalue weighted by Crippen LogP contribution is -2.59. The SMILES string of the molecule is CCC(C)C(NC(=O)C(N)CCCN=C(N)N)C(=O)NC(Cc1c[nH]c2ccccc12)C(=O)NC(CS)C(=O)O. The first kappa shape index (κ1) is 32.4. The number of carboxylic acid groups (broad SMARTS) is 1. The van der Waals surface area contributed by atoms with Gasteiger partial charge in [0.15, 0.2) is 5.96 Å². The van der Waals surface area contributed by atoms with Gasteiger partial charge in [-0.1, -0.05) is 38.5 Å². The Morgan fingerprint density at radius 1 is 1.05 bits per heavy atom. The Morgan fingerprint density at radius 2 is 1.73 bits per heavy atom. The Hall–Kier alpha value is -3.78. The molecule has 13 nitrogen and oxygen atoms in total. The summed E-state index contributed by atoms with van der Waals surface area (Å²) in [6.45, 7) is 3.98. The molecule has 0 spiro atoms. The molecule has 3 amide bonds. The van der Waals surface area contributed by atoms with Crippen LogP contribution in [0.5, 0.6) is 0 Å². The van der Waals surface area contributed by atoms with Gasteiger partial charge in [0.25, 0.3) is 0 Å². The van der Waals surface area contributed by atoms with Gasteiger partial charge in [0.2, 0.25) is 17.7 Å². The van der Waals surface area contributed by atoms with E-state index in [1.807, 2.05) is 31.2 Å². The molecule has 1 heterocycles. The van der Waals surface area contributed by atoms with Crippen LogP contribution in [0.1, 0.15) is 38.7 Å². The first-order valence-corrected chi connectivity index (χ1v) is 13.7. The van der Waals surface area contributed by atoms with E-state index < -0.39 is 47.9 Å². The van der Waals surface area contributed by atoms with Gasteiger partial charge in [0, 0.05) is 35.8 Å². The molecule has 220 valence electrons. The molecule has 5 atom stereocenters. The fraction of sp³-hybridized carbons (Fsp3) is 0.500. The van der Waals surface area contributed by atoms with Crippen molar-refractivity contribution in [2.45, 2.75) is 63.7 Å². The van der Waals surface area contributed by atoms with Crippen LogP contribution >= 0.6 is 12.6 Å². The van der Waals surface area contributed by atoms with Gasteiger partial charge in [-0.15, -0.1) is 0 Å². The highest BCUT2D eigenvalue weighted by Gasteiger charge is 2.32. The number of amides is 3. The first-order chi connectivity index (χ1) is 19.0. The number of aliphatic imine (C=N–C) groups is 1. The van der Waals surface area contributed by atoms with Crippen molar-refractivity contribution in [1.82, 2.24) is 20.9 Å². The van der Waals surface area contributed by atoms with Crippen molar-refractivity contribution >= 4 is 53.2 Å². The zero-order valence-corrected chi connectivity index (χ0v) is 23.6. The standard InChI is InChI=1S/C26H40N8O5S/c1-3-14(2)21(34-22(35)17(27)8-6-10-30-26(28)29)24(37)32-19(23(36)33-20(13-40)25(38)39)11-15-12-31-18-9-5-4-7-16(15)18/h4-5,7,9,12,14,17,19-21,31,40H,3,6,8,10-11,13,27H2,1-2H3,(H,32,37)(H,33,36)(H,34,35)(H,38,39)(H4,28,29,30). The highest BCUT2D eigenvalue weighted by molar-refractivity contribution is 7.80. The summed E-state index contributed by atoms with van der Waals surface area (Å²) in [7, 11) is 0. The van der Waals surface area contributed by atoms with Gasteiger partial charge in [0.1, 0.15) is 18.1 Å². The Bertz CT molecular complexity index is 1200. The van der Waals surface area contributed by atoms with Crippen molar-refractivity contribution in [3.8, 4) is 0 Å². The van der Waals surface area contributed by atoms with Gasteiger partial charge in [-0.25, -0.2) is 4.79 Å². The molecule has 0 aliphatic rings. The van der Waals surface area contributed by atoms with Crippen molar-refractivity contribution in [3.63, 3.8) is 0 Å². The summed E-state index contributed by atoms with van der Waals surface area (Å²) in [6.07, 6.45) is 3.13. The Kier molecular flexibility index (Phi) is 12.7. The Balaban J connectivity index is 2.23.